The molecule has 0 spiro atoms. The second-order valence-corrected chi connectivity index (χ2v) is 4.21. The summed E-state index contributed by atoms with van der Waals surface area (Å²) < 4.78 is 56.6. The maximum Gasteiger partial charge on any atom is 0.203 e. The van der Waals surface area contributed by atoms with Gasteiger partial charge in [-0.05, 0) is 6.92 Å². The van der Waals surface area contributed by atoms with E-state index in [0.29, 0.717) is 0 Å². The van der Waals surface area contributed by atoms with Crippen LogP contribution in [0, 0.1) is 23.3 Å². The zero-order valence-corrected chi connectivity index (χ0v) is 9.64. The number of hydrogen-bond acceptors (Lipinski definition) is 3. The highest BCUT2D eigenvalue weighted by Crippen LogP contribution is 2.26. The molecule has 1 unspecified atom stereocenters. The molecule has 102 valence electrons. The van der Waals surface area contributed by atoms with Crippen LogP contribution < -0.4 is 10.5 Å². The van der Waals surface area contributed by atoms with E-state index in [0.717, 1.165) is 0 Å². The van der Waals surface area contributed by atoms with Gasteiger partial charge in [-0.2, -0.15) is 8.78 Å². The Labute approximate surface area is 101 Å². The van der Waals surface area contributed by atoms with Gasteiger partial charge in [-0.1, -0.05) is 0 Å². The molecule has 18 heavy (non-hydrogen) atoms. The van der Waals surface area contributed by atoms with E-state index in [1.807, 2.05) is 0 Å². The topological polar surface area (TPSA) is 55.5 Å². The van der Waals surface area contributed by atoms with E-state index >= 15 is 0 Å². The highest BCUT2D eigenvalue weighted by molar-refractivity contribution is 5.28. The fourth-order valence-electron chi connectivity index (χ4n) is 1.14. The second kappa shape index (κ2) is 5.53. The van der Waals surface area contributed by atoms with Gasteiger partial charge in [0.2, 0.25) is 11.6 Å². The highest BCUT2D eigenvalue weighted by atomic mass is 19.2. The van der Waals surface area contributed by atoms with Crippen LogP contribution in [0.25, 0.3) is 0 Å². The third kappa shape index (κ3) is 3.33. The zero-order valence-electron chi connectivity index (χ0n) is 9.64. The standard InChI is InChI=1S/C11H13F4NO2/c1-11(16,5-17)2-3-18-10-8(14)6(12)4-7(13)9(10)15/h4,17H,2-3,5,16H2,1H3. The van der Waals surface area contributed by atoms with Crippen LogP contribution in [0.1, 0.15) is 13.3 Å². The molecule has 1 aromatic carbocycles. The number of aliphatic hydroxyl groups excluding tert-OH is 1. The Kier molecular flexibility index (Phi) is 4.53. The summed E-state index contributed by atoms with van der Waals surface area (Å²) in [5.74, 6) is -7.40. The van der Waals surface area contributed by atoms with Crippen molar-refractivity contribution in [3.05, 3.63) is 29.3 Å². The first-order valence-electron chi connectivity index (χ1n) is 5.14. The molecule has 3 nitrogen and oxygen atoms in total. The van der Waals surface area contributed by atoms with Crippen molar-refractivity contribution in [3.8, 4) is 5.75 Å². The molecule has 0 aliphatic carbocycles. The molecule has 0 amide bonds. The van der Waals surface area contributed by atoms with Crippen molar-refractivity contribution in [1.29, 1.82) is 0 Å². The SMILES string of the molecule is CC(N)(CO)CCOc1c(F)c(F)cc(F)c1F. The Morgan fingerprint density at radius 1 is 1.22 bits per heavy atom. The summed E-state index contributed by atoms with van der Waals surface area (Å²) in [5, 5.41) is 8.84. The van der Waals surface area contributed by atoms with Gasteiger partial charge in [0.25, 0.3) is 0 Å². The van der Waals surface area contributed by atoms with E-state index in [9.17, 15) is 17.6 Å². The van der Waals surface area contributed by atoms with Crippen LogP contribution in [0.15, 0.2) is 6.07 Å². The lowest BCUT2D eigenvalue weighted by molar-refractivity contribution is 0.169. The molecular formula is C11H13F4NO2. The average molecular weight is 267 g/mol. The summed E-state index contributed by atoms with van der Waals surface area (Å²) >= 11 is 0. The van der Waals surface area contributed by atoms with E-state index in [-0.39, 0.29) is 25.7 Å². The fourth-order valence-corrected chi connectivity index (χ4v) is 1.14. The largest absolute Gasteiger partial charge is 0.487 e. The maximum atomic E-state index is 13.2. The predicted molar refractivity (Wildman–Crippen MR) is 56.1 cm³/mol. The first-order valence-corrected chi connectivity index (χ1v) is 5.14. The molecule has 1 rings (SSSR count). The van der Waals surface area contributed by atoms with Crippen molar-refractivity contribution in [2.45, 2.75) is 18.9 Å². The summed E-state index contributed by atoms with van der Waals surface area (Å²) in [7, 11) is 0. The van der Waals surface area contributed by atoms with Crippen molar-refractivity contribution in [3.63, 3.8) is 0 Å². The Morgan fingerprint density at radius 2 is 1.72 bits per heavy atom. The van der Waals surface area contributed by atoms with Crippen molar-refractivity contribution in [2.75, 3.05) is 13.2 Å². The van der Waals surface area contributed by atoms with Crippen LogP contribution in [-0.2, 0) is 0 Å². The number of nitrogens with two attached hydrogens (primary N) is 1. The Hall–Kier alpha value is -1.34. The van der Waals surface area contributed by atoms with E-state index in [2.05, 4.69) is 4.74 Å². The second-order valence-electron chi connectivity index (χ2n) is 4.21. The lowest BCUT2D eigenvalue weighted by atomic mass is 10.0. The maximum absolute atomic E-state index is 13.2. The van der Waals surface area contributed by atoms with Gasteiger partial charge in [0.15, 0.2) is 17.4 Å². The molecule has 0 heterocycles. The van der Waals surface area contributed by atoms with Crippen LogP contribution in [0.4, 0.5) is 17.6 Å². The lowest BCUT2D eigenvalue weighted by Crippen LogP contribution is -2.41. The molecule has 0 radical (unpaired) electrons. The Balaban J connectivity index is 2.80. The van der Waals surface area contributed by atoms with Gasteiger partial charge in [-0.25, -0.2) is 8.78 Å². The van der Waals surface area contributed by atoms with E-state index in [4.69, 9.17) is 10.8 Å². The number of halogens is 4. The number of rotatable bonds is 5. The van der Waals surface area contributed by atoms with E-state index in [1.54, 1.807) is 0 Å². The molecular weight excluding hydrogens is 254 g/mol. The van der Waals surface area contributed by atoms with Crippen molar-refractivity contribution < 1.29 is 27.4 Å². The number of hydrogen-bond donors (Lipinski definition) is 2. The molecule has 1 atom stereocenters. The molecule has 0 fully saturated rings. The summed E-state index contributed by atoms with van der Waals surface area (Å²) in [6.07, 6.45) is 0.0561. The fraction of sp³-hybridized carbons (Fsp3) is 0.455. The summed E-state index contributed by atoms with van der Waals surface area (Å²) in [4.78, 5) is 0. The monoisotopic (exact) mass is 267 g/mol. The summed E-state index contributed by atoms with van der Waals surface area (Å²) in [5.41, 5.74) is 4.55. The smallest absolute Gasteiger partial charge is 0.203 e. The van der Waals surface area contributed by atoms with Crippen molar-refractivity contribution in [1.82, 2.24) is 0 Å². The van der Waals surface area contributed by atoms with E-state index in [1.165, 1.54) is 6.92 Å². The molecule has 1 aromatic rings. The molecule has 0 bridgehead atoms. The first-order chi connectivity index (χ1) is 8.28. The number of ether oxygens (including phenoxy) is 1. The van der Waals surface area contributed by atoms with Crippen LogP contribution in [0.3, 0.4) is 0 Å². The Bertz CT molecular complexity index is 411. The van der Waals surface area contributed by atoms with Gasteiger partial charge >= 0.3 is 0 Å². The third-order valence-corrected chi connectivity index (χ3v) is 2.35. The van der Waals surface area contributed by atoms with Crippen LogP contribution in [0.2, 0.25) is 0 Å². The van der Waals surface area contributed by atoms with Gasteiger partial charge < -0.3 is 15.6 Å². The van der Waals surface area contributed by atoms with Crippen LogP contribution in [0.5, 0.6) is 5.75 Å². The summed E-state index contributed by atoms with van der Waals surface area (Å²) in [6.45, 7) is 0.846. The van der Waals surface area contributed by atoms with E-state index < -0.39 is 34.6 Å². The molecule has 0 aliphatic rings. The third-order valence-electron chi connectivity index (χ3n) is 2.35. The minimum Gasteiger partial charge on any atom is -0.487 e. The zero-order chi connectivity index (χ0) is 13.9. The average Bonchev–Trinajstić information content (AvgIpc) is 2.31. The quantitative estimate of drug-likeness (QED) is 0.631. The van der Waals surface area contributed by atoms with Gasteiger partial charge in [0, 0.05) is 18.0 Å². The van der Waals surface area contributed by atoms with Crippen LogP contribution >= 0.6 is 0 Å². The molecule has 0 saturated carbocycles. The minimum atomic E-state index is -1.60. The molecule has 0 aliphatic heterocycles. The van der Waals surface area contributed by atoms with Crippen molar-refractivity contribution in [2.24, 2.45) is 5.73 Å². The molecule has 7 heteroatoms. The minimum absolute atomic E-state index is 0.0561. The normalized spacial score (nSPS) is 14.4. The molecule has 0 aromatic heterocycles. The van der Waals surface area contributed by atoms with Crippen LogP contribution in [-0.4, -0.2) is 23.9 Å². The number of aliphatic hydroxyl groups is 1. The Morgan fingerprint density at radius 3 is 2.17 bits per heavy atom. The van der Waals surface area contributed by atoms with Gasteiger partial charge in [0.05, 0.1) is 13.2 Å². The molecule has 0 saturated heterocycles. The summed E-state index contributed by atoms with van der Waals surface area (Å²) in [6, 6.07) is 0.0955. The first kappa shape index (κ1) is 14.7. The van der Waals surface area contributed by atoms with Gasteiger partial charge in [0.1, 0.15) is 0 Å². The highest BCUT2D eigenvalue weighted by Gasteiger charge is 2.22. The van der Waals surface area contributed by atoms with Crippen molar-refractivity contribution >= 4 is 0 Å². The number of benzene rings is 1. The molecule has 3 N–H and O–H groups in total. The predicted octanol–water partition coefficient (Wildman–Crippen LogP) is 1.72. The van der Waals surface area contributed by atoms with Gasteiger partial charge in [-0.15, -0.1) is 0 Å². The lowest BCUT2D eigenvalue weighted by Gasteiger charge is -2.21. The van der Waals surface area contributed by atoms with Gasteiger partial charge in [-0.3, -0.25) is 0 Å².